The number of carbonyl (C=O) groups excluding carboxylic acids is 10. The number of Topliss-reactive ketones (excluding diaryl/α,β-unsaturated/α-hetero) is 10. The Morgan fingerprint density at radius 3 is 1.11 bits per heavy atom. The fraction of sp³-hybridized carbons (Fsp3) is 0.346. The molecule has 134 heavy (non-hydrogen) atoms. The van der Waals surface area contributed by atoms with Crippen LogP contribution >= 0.6 is 11.3 Å². The maximum absolute atomic E-state index is 14.4. The van der Waals surface area contributed by atoms with Crippen LogP contribution in [0.5, 0.6) is 28.7 Å². The predicted octanol–water partition coefficient (Wildman–Crippen LogP) is 16.6. The van der Waals surface area contributed by atoms with Crippen molar-refractivity contribution in [1.29, 1.82) is 0 Å². The largest absolute Gasteiger partial charge is 0.535 e. The molecule has 19 rings (SSSR count). The standard InChI is InChI=1S/C24H27BO4.C21H22BNO4.C21H21BO4.C19H17BF2O4.C19H20BNO4S/c1-17(26)21-12-8-9-18-15-20(25(28)29-23(18)21)16-22(27)24(13-6-3-7-14-24)19-10-4-2-5-11-19;1-13(24)19-4-2-3-16-10-18(22(26)27-21(16)19)11-20(25)15-5-6-17-12-23-8-7-14(17)9-15;1-14(23)18-9-5-6-15-12-17(22(25)26-20(15)18)13-19(24)21(10-11-21)16-7-3-2-4-8-16;1-12(23)16-9-5-6-13-10-15(20(25)26-18(13)16)11-17(24)19(21,22)14-7-3-2-4-8-14;1-11(22)14-4-2-3-12-7-13(20(24)25-19(12)14)8-17(23)16-10-26-18-9-21-6-5-15(16)18/h2,4-5,8-12,20,28H,3,6-7,13-16H2,1H3;2-6,9,18,23,26H,7-8,10-12H2,1H3;2-9,17,25H,10-13H2,1H3;2-9,15,25H,10-11H2,1H3;2-4,10,13,21,24H,5-9H2,1H3/t20-;18-;17-;15-;13-/m11111/s1. The van der Waals surface area contributed by atoms with Crippen LogP contribution in [0.1, 0.15) is 250 Å². The topological polar surface area (TPSA) is 342 Å². The van der Waals surface area contributed by atoms with E-state index < -0.39 is 65.0 Å². The first-order chi connectivity index (χ1) is 64.4. The number of nitrogens with one attached hydrogen (secondary N) is 2. The third-order valence-electron chi connectivity index (χ3n) is 27.4. The number of para-hydroxylation sites is 5. The Bertz CT molecular complexity index is 5960. The molecule has 2 fully saturated rings. The van der Waals surface area contributed by atoms with Gasteiger partial charge in [-0.25, -0.2) is 0 Å². The van der Waals surface area contributed by atoms with E-state index in [1.807, 2.05) is 121 Å². The summed E-state index contributed by atoms with van der Waals surface area (Å²) >= 11 is 1.62. The zero-order valence-electron chi connectivity index (χ0n) is 75.7. The summed E-state index contributed by atoms with van der Waals surface area (Å²) < 4.78 is 56.8. The van der Waals surface area contributed by atoms with Crippen LogP contribution in [0.25, 0.3) is 0 Å². The van der Waals surface area contributed by atoms with Gasteiger partial charge in [0.2, 0.25) is 5.78 Å². The van der Waals surface area contributed by atoms with Gasteiger partial charge >= 0.3 is 41.5 Å². The van der Waals surface area contributed by atoms with Gasteiger partial charge in [-0.05, 0) is 210 Å². The number of fused-ring (bicyclic) bond motifs is 7. The molecule has 0 radical (unpaired) electrons. The van der Waals surface area contributed by atoms with E-state index >= 15 is 0 Å². The van der Waals surface area contributed by atoms with Crippen molar-refractivity contribution in [3.63, 3.8) is 0 Å². The number of halogens is 2. The molecule has 688 valence electrons. The molecule has 22 nitrogen and oxygen atoms in total. The highest BCUT2D eigenvalue weighted by Gasteiger charge is 2.53. The van der Waals surface area contributed by atoms with Crippen LogP contribution in [0.4, 0.5) is 8.78 Å². The van der Waals surface area contributed by atoms with Gasteiger partial charge in [0.1, 0.15) is 40.3 Å². The lowest BCUT2D eigenvalue weighted by Gasteiger charge is -2.38. The molecule has 2 aliphatic carbocycles. The van der Waals surface area contributed by atoms with Crippen LogP contribution in [0.3, 0.4) is 0 Å². The normalized spacial score (nSPS) is 18.9. The average molecular weight is 1830 g/mol. The lowest BCUT2D eigenvalue weighted by atomic mass is 9.59. The van der Waals surface area contributed by atoms with Gasteiger partial charge in [0.15, 0.2) is 40.5 Å². The summed E-state index contributed by atoms with van der Waals surface area (Å²) in [5.74, 6) is -5.05. The van der Waals surface area contributed by atoms with E-state index in [4.69, 9.17) is 23.3 Å². The Labute approximate surface area is 783 Å². The minimum absolute atomic E-state index is 0.00940. The quantitative estimate of drug-likeness (QED) is 0.0231. The molecule has 2 saturated carbocycles. The van der Waals surface area contributed by atoms with E-state index in [1.165, 1.54) is 74.9 Å². The van der Waals surface area contributed by atoms with Crippen molar-refractivity contribution in [2.24, 2.45) is 0 Å². The molecule has 0 amide bonds. The fourth-order valence-corrected chi connectivity index (χ4v) is 20.9. The molecule has 5 atom stereocenters. The first kappa shape index (κ1) is 96.8. The summed E-state index contributed by atoms with van der Waals surface area (Å²) in [4.78, 5) is 124. The van der Waals surface area contributed by atoms with Gasteiger partial charge in [-0.1, -0.05) is 183 Å². The molecule has 7 N–H and O–H groups in total. The van der Waals surface area contributed by atoms with Crippen molar-refractivity contribution in [2.45, 2.75) is 216 Å². The highest BCUT2D eigenvalue weighted by molar-refractivity contribution is 7.10. The summed E-state index contributed by atoms with van der Waals surface area (Å²) in [6.45, 7) is 10.8. The predicted molar refractivity (Wildman–Crippen MR) is 510 cm³/mol. The van der Waals surface area contributed by atoms with Crippen molar-refractivity contribution < 1.29 is 105 Å². The summed E-state index contributed by atoms with van der Waals surface area (Å²) in [7, 11) is -5.76. The lowest BCUT2D eigenvalue weighted by Crippen LogP contribution is -2.42. The third-order valence-corrected chi connectivity index (χ3v) is 28.5. The Morgan fingerprint density at radius 1 is 0.373 bits per heavy atom. The first-order valence-corrected chi connectivity index (χ1v) is 47.0. The number of rotatable bonds is 23. The number of alkyl halides is 2. The SMILES string of the molecule is CC(=O)c1cccc2c1OB(O)[C@@H](CC(=O)C(F)(F)c1ccccc1)C2.CC(=O)c1cccc2c1OB(O)[C@@H](CC(=O)C1(c3ccccc3)CC1)C2.CC(=O)c1cccc2c1OB(O)[C@@H](CC(=O)C1(c3ccccc3)CCCCC1)C2.CC(=O)c1cccc2c1OB(O)[C@@H](CC(=O)c1ccc3c(c1)CCNC3)C2.CC(=O)c1cccc2c1OB(O)[C@@H](CC(=O)c1csc3c1CCNC3)C2. The lowest BCUT2D eigenvalue weighted by molar-refractivity contribution is -0.144. The molecule has 9 aliphatic rings. The van der Waals surface area contributed by atoms with Crippen molar-refractivity contribution in [1.82, 2.24) is 10.6 Å². The highest BCUT2D eigenvalue weighted by Crippen LogP contribution is 2.52. The number of ketones is 10. The first-order valence-electron chi connectivity index (χ1n) is 46.1. The average Bonchev–Trinajstić information content (AvgIpc) is 1.60. The highest BCUT2D eigenvalue weighted by atomic mass is 32.1. The summed E-state index contributed by atoms with van der Waals surface area (Å²) in [6, 6.07) is 59.3. The summed E-state index contributed by atoms with van der Waals surface area (Å²) in [5.41, 5.74) is 12.4. The number of benzene rings is 9. The second-order valence-electron chi connectivity index (χ2n) is 36.5. The minimum Gasteiger partial charge on any atom is -0.535 e. The van der Waals surface area contributed by atoms with Gasteiger partial charge in [-0.2, -0.15) is 8.78 Å². The van der Waals surface area contributed by atoms with Crippen molar-refractivity contribution in [3.05, 3.63) is 311 Å². The van der Waals surface area contributed by atoms with E-state index in [2.05, 4.69) is 22.8 Å². The molecule has 30 heteroatoms. The van der Waals surface area contributed by atoms with Crippen molar-refractivity contribution in [2.75, 3.05) is 13.1 Å². The van der Waals surface area contributed by atoms with Crippen LogP contribution in [0, 0.1) is 0 Å². The molecule has 0 bridgehead atoms. The van der Waals surface area contributed by atoms with Crippen LogP contribution in [-0.2, 0) is 89.2 Å². The monoisotopic (exact) mass is 1830 g/mol. The number of carbonyl (C=O) groups is 10. The Kier molecular flexibility index (Phi) is 30.7. The van der Waals surface area contributed by atoms with Gasteiger partial charge in [0.25, 0.3) is 0 Å². The molecular weight excluding hydrogens is 1720 g/mol. The van der Waals surface area contributed by atoms with E-state index in [-0.39, 0.29) is 124 Å². The maximum Gasteiger partial charge on any atom is 0.526 e. The molecule has 10 aromatic rings. The van der Waals surface area contributed by atoms with E-state index in [1.54, 1.807) is 59.9 Å². The van der Waals surface area contributed by atoms with Gasteiger partial charge in [0, 0.05) is 101 Å². The zero-order chi connectivity index (χ0) is 94.9. The van der Waals surface area contributed by atoms with Crippen LogP contribution in [0.2, 0.25) is 29.1 Å². The Hall–Kier alpha value is -11.7. The second kappa shape index (κ2) is 42.5. The smallest absolute Gasteiger partial charge is 0.526 e. The number of hydrogen-bond donors (Lipinski definition) is 7. The second-order valence-corrected chi connectivity index (χ2v) is 37.5. The third kappa shape index (κ3) is 21.6. The van der Waals surface area contributed by atoms with Crippen LogP contribution in [-0.4, -0.2) is 132 Å². The summed E-state index contributed by atoms with van der Waals surface area (Å²) in [5, 5.41) is 60.7. The van der Waals surface area contributed by atoms with Gasteiger partial charge in [-0.3, -0.25) is 47.9 Å². The molecule has 0 unspecified atom stereocenters. The zero-order valence-corrected chi connectivity index (χ0v) is 76.5. The maximum atomic E-state index is 14.4. The minimum atomic E-state index is -3.64. The van der Waals surface area contributed by atoms with E-state index in [0.29, 0.717) is 87.6 Å². The molecule has 8 heterocycles. The van der Waals surface area contributed by atoms with Crippen LogP contribution in [0.15, 0.2) is 206 Å². The molecule has 0 saturated heterocycles. The molecular formula is C104H107B5F2N2O20S. The van der Waals surface area contributed by atoms with Crippen molar-refractivity contribution in [3.8, 4) is 28.7 Å². The summed E-state index contributed by atoms with van der Waals surface area (Å²) in [6.07, 6.45) is 11.3. The number of thiophene rings is 1. The molecule has 1 aromatic heterocycles. The van der Waals surface area contributed by atoms with Crippen molar-refractivity contribution >= 4 is 105 Å². The fourth-order valence-electron chi connectivity index (χ4n) is 19.8. The van der Waals surface area contributed by atoms with E-state index in [9.17, 15) is 81.8 Å². The Balaban J connectivity index is 0.000000128. The van der Waals surface area contributed by atoms with Gasteiger partial charge in [0.05, 0.1) is 38.6 Å². The Morgan fingerprint density at radius 2 is 0.724 bits per heavy atom. The molecule has 0 spiro atoms. The molecule has 9 aromatic carbocycles. The van der Waals surface area contributed by atoms with Gasteiger partial charge < -0.3 is 59.0 Å². The molecule has 7 aliphatic heterocycles. The number of hydrogen-bond acceptors (Lipinski definition) is 23. The van der Waals surface area contributed by atoms with E-state index in [0.717, 1.165) is 128 Å². The van der Waals surface area contributed by atoms with Gasteiger partial charge in [-0.15, -0.1) is 11.3 Å². The van der Waals surface area contributed by atoms with Crippen LogP contribution < -0.4 is 33.9 Å².